The number of ether oxygens (including phenoxy) is 1. The van der Waals surface area contributed by atoms with Crippen LogP contribution in [-0.4, -0.2) is 17.9 Å². The molecule has 80 valence electrons. The summed E-state index contributed by atoms with van der Waals surface area (Å²) in [6.07, 6.45) is 5.42. The van der Waals surface area contributed by atoms with Crippen LogP contribution >= 0.6 is 0 Å². The fraction of sp³-hybridized carbons (Fsp3) is 0.500. The van der Waals surface area contributed by atoms with Gasteiger partial charge in [0.05, 0.1) is 7.11 Å². The number of hydrogen-bond donors (Lipinski definition) is 0. The van der Waals surface area contributed by atoms with Gasteiger partial charge < -0.3 is 4.74 Å². The lowest BCUT2D eigenvalue weighted by molar-refractivity contribution is -0.118. The number of ketones is 1. The van der Waals surface area contributed by atoms with Crippen molar-refractivity contribution in [3.05, 3.63) is 23.9 Å². The fourth-order valence-corrected chi connectivity index (χ4v) is 1.58. The summed E-state index contributed by atoms with van der Waals surface area (Å²) < 4.78 is 4.95. The van der Waals surface area contributed by atoms with E-state index in [1.54, 1.807) is 19.4 Å². The minimum absolute atomic E-state index is 0.324. The molecule has 1 aliphatic rings. The zero-order valence-electron chi connectivity index (χ0n) is 8.90. The second-order valence-electron chi connectivity index (χ2n) is 4.07. The molecule has 3 nitrogen and oxygen atoms in total. The first-order chi connectivity index (χ1) is 7.28. The van der Waals surface area contributed by atoms with Crippen LogP contribution in [0.5, 0.6) is 5.88 Å². The van der Waals surface area contributed by atoms with Crippen LogP contribution in [-0.2, 0) is 11.2 Å². The number of aromatic nitrogens is 1. The maximum atomic E-state index is 11.6. The van der Waals surface area contributed by atoms with Crippen molar-refractivity contribution in [1.82, 2.24) is 4.98 Å². The Labute approximate surface area is 89.5 Å². The first kappa shape index (κ1) is 10.1. The van der Waals surface area contributed by atoms with Gasteiger partial charge in [-0.3, -0.25) is 4.79 Å². The third-order valence-corrected chi connectivity index (χ3v) is 2.62. The second-order valence-corrected chi connectivity index (χ2v) is 4.07. The lowest BCUT2D eigenvalue weighted by atomic mass is 10.1. The predicted molar refractivity (Wildman–Crippen MR) is 56.8 cm³/mol. The molecular weight excluding hydrogens is 190 g/mol. The van der Waals surface area contributed by atoms with Crippen molar-refractivity contribution in [2.45, 2.75) is 25.7 Å². The molecule has 0 amide bonds. The molecule has 3 heteroatoms. The number of Topliss-reactive ketones (excluding diaryl/α,β-unsaturated/α-hetero) is 1. The molecule has 2 rings (SSSR count). The molecule has 0 spiro atoms. The van der Waals surface area contributed by atoms with E-state index in [0.717, 1.165) is 12.0 Å². The number of carbonyl (C=O) groups is 1. The summed E-state index contributed by atoms with van der Waals surface area (Å²) in [6, 6.07) is 3.69. The van der Waals surface area contributed by atoms with Gasteiger partial charge in [0.1, 0.15) is 5.78 Å². The lowest BCUT2D eigenvalue weighted by Crippen LogP contribution is -2.03. The molecule has 1 heterocycles. The van der Waals surface area contributed by atoms with E-state index in [1.165, 1.54) is 12.8 Å². The van der Waals surface area contributed by atoms with Crippen LogP contribution in [0.1, 0.15) is 24.8 Å². The molecule has 1 saturated carbocycles. The maximum Gasteiger partial charge on any atom is 0.212 e. The molecule has 0 unspecified atom stereocenters. The second kappa shape index (κ2) is 4.43. The Morgan fingerprint density at radius 2 is 2.33 bits per heavy atom. The van der Waals surface area contributed by atoms with Gasteiger partial charge in [-0.25, -0.2) is 4.98 Å². The first-order valence-corrected chi connectivity index (χ1v) is 5.28. The van der Waals surface area contributed by atoms with E-state index in [4.69, 9.17) is 4.74 Å². The average molecular weight is 205 g/mol. The SMILES string of the molecule is COc1ccc(CC(=O)CC2CC2)cn1. The van der Waals surface area contributed by atoms with Crippen molar-refractivity contribution in [3.8, 4) is 5.88 Å². The van der Waals surface area contributed by atoms with Crippen molar-refractivity contribution in [3.63, 3.8) is 0 Å². The highest BCUT2D eigenvalue weighted by Crippen LogP contribution is 2.32. The van der Waals surface area contributed by atoms with Gasteiger partial charge in [0.2, 0.25) is 5.88 Å². The highest BCUT2D eigenvalue weighted by atomic mass is 16.5. The first-order valence-electron chi connectivity index (χ1n) is 5.28. The molecule has 0 aliphatic heterocycles. The van der Waals surface area contributed by atoms with Crippen molar-refractivity contribution >= 4 is 5.78 Å². The van der Waals surface area contributed by atoms with Gasteiger partial charge in [-0.05, 0) is 24.3 Å². The smallest absolute Gasteiger partial charge is 0.212 e. The predicted octanol–water partition coefficient (Wildman–Crippen LogP) is 2.00. The highest BCUT2D eigenvalue weighted by Gasteiger charge is 2.24. The van der Waals surface area contributed by atoms with Gasteiger partial charge in [-0.1, -0.05) is 6.07 Å². The quantitative estimate of drug-likeness (QED) is 0.738. The molecule has 1 aromatic rings. The normalized spacial score (nSPS) is 15.0. The van der Waals surface area contributed by atoms with Crippen molar-refractivity contribution in [1.29, 1.82) is 0 Å². The average Bonchev–Trinajstić information content (AvgIpc) is 3.03. The monoisotopic (exact) mass is 205 g/mol. The van der Waals surface area contributed by atoms with Crippen LogP contribution in [0.2, 0.25) is 0 Å². The van der Waals surface area contributed by atoms with E-state index >= 15 is 0 Å². The van der Waals surface area contributed by atoms with Crippen molar-refractivity contribution < 1.29 is 9.53 Å². The standard InChI is InChI=1S/C12H15NO2/c1-15-12-5-4-10(8-13-12)7-11(14)6-9-2-3-9/h4-5,8-9H,2-3,6-7H2,1H3. The Kier molecular flexibility index (Phi) is 2.99. The van der Waals surface area contributed by atoms with Crippen LogP contribution in [0.25, 0.3) is 0 Å². The molecule has 15 heavy (non-hydrogen) atoms. The Morgan fingerprint density at radius 3 is 2.87 bits per heavy atom. The van der Waals surface area contributed by atoms with Gasteiger partial charge in [-0.2, -0.15) is 0 Å². The lowest BCUT2D eigenvalue weighted by Gasteiger charge is -2.01. The Hall–Kier alpha value is -1.38. The van der Waals surface area contributed by atoms with E-state index in [-0.39, 0.29) is 0 Å². The summed E-state index contributed by atoms with van der Waals surface area (Å²) >= 11 is 0. The third-order valence-electron chi connectivity index (χ3n) is 2.62. The summed E-state index contributed by atoms with van der Waals surface area (Å²) in [5, 5.41) is 0. The number of pyridine rings is 1. The number of carbonyl (C=O) groups excluding carboxylic acids is 1. The molecule has 0 radical (unpaired) electrons. The van der Waals surface area contributed by atoms with Gasteiger partial charge >= 0.3 is 0 Å². The van der Waals surface area contributed by atoms with Crippen molar-refractivity contribution in [2.24, 2.45) is 5.92 Å². The Morgan fingerprint density at radius 1 is 1.53 bits per heavy atom. The van der Waals surface area contributed by atoms with E-state index in [9.17, 15) is 4.79 Å². The number of rotatable bonds is 5. The molecule has 0 aromatic carbocycles. The van der Waals surface area contributed by atoms with Gasteiger partial charge in [0.25, 0.3) is 0 Å². The van der Waals surface area contributed by atoms with E-state index in [0.29, 0.717) is 24.0 Å². The van der Waals surface area contributed by atoms with Gasteiger partial charge in [-0.15, -0.1) is 0 Å². The van der Waals surface area contributed by atoms with Crippen LogP contribution in [0.3, 0.4) is 0 Å². The Bertz CT molecular complexity index is 341. The largest absolute Gasteiger partial charge is 0.481 e. The minimum Gasteiger partial charge on any atom is -0.481 e. The highest BCUT2D eigenvalue weighted by molar-refractivity contribution is 5.81. The van der Waals surface area contributed by atoms with E-state index in [2.05, 4.69) is 4.98 Å². The molecule has 0 N–H and O–H groups in total. The van der Waals surface area contributed by atoms with Crippen LogP contribution in [0.15, 0.2) is 18.3 Å². The van der Waals surface area contributed by atoms with Crippen LogP contribution in [0.4, 0.5) is 0 Å². The molecule has 0 bridgehead atoms. The molecule has 0 atom stereocenters. The van der Waals surface area contributed by atoms with Crippen LogP contribution < -0.4 is 4.74 Å². The number of hydrogen-bond acceptors (Lipinski definition) is 3. The summed E-state index contributed by atoms with van der Waals surface area (Å²) in [4.78, 5) is 15.6. The third kappa shape index (κ3) is 3.05. The van der Waals surface area contributed by atoms with Crippen molar-refractivity contribution in [2.75, 3.05) is 7.11 Å². The number of nitrogens with zero attached hydrogens (tertiary/aromatic N) is 1. The van der Waals surface area contributed by atoms with Gasteiger partial charge in [0, 0.05) is 25.1 Å². The topological polar surface area (TPSA) is 39.2 Å². The molecule has 1 aliphatic carbocycles. The molecular formula is C12H15NO2. The number of methoxy groups -OCH3 is 1. The van der Waals surface area contributed by atoms with Crippen LogP contribution in [0, 0.1) is 5.92 Å². The summed E-state index contributed by atoms with van der Waals surface area (Å²) in [6.45, 7) is 0. The maximum absolute atomic E-state index is 11.6. The summed E-state index contributed by atoms with van der Waals surface area (Å²) in [5.41, 5.74) is 0.974. The molecule has 1 aromatic heterocycles. The molecule has 1 fully saturated rings. The van der Waals surface area contributed by atoms with Gasteiger partial charge in [0.15, 0.2) is 0 Å². The van der Waals surface area contributed by atoms with E-state index < -0.39 is 0 Å². The Balaban J connectivity index is 1.88. The fourth-order valence-electron chi connectivity index (χ4n) is 1.58. The summed E-state index contributed by atoms with van der Waals surface area (Å²) in [5.74, 6) is 1.58. The zero-order valence-corrected chi connectivity index (χ0v) is 8.90. The minimum atomic E-state index is 0.324. The molecule has 0 saturated heterocycles. The van der Waals surface area contributed by atoms with E-state index in [1.807, 2.05) is 6.07 Å². The summed E-state index contributed by atoms with van der Waals surface area (Å²) in [7, 11) is 1.58. The zero-order chi connectivity index (χ0) is 10.7.